The topological polar surface area (TPSA) is 55.4 Å². The average molecular weight is 279 g/mol. The molecule has 0 atom stereocenters. The van der Waals surface area contributed by atoms with E-state index < -0.39 is 6.29 Å². The van der Waals surface area contributed by atoms with E-state index >= 15 is 0 Å². The molecule has 3 rings (SSSR count). The number of anilines is 3. The summed E-state index contributed by atoms with van der Waals surface area (Å²) in [6.07, 6.45) is -0.306. The quantitative estimate of drug-likeness (QED) is 0.903. The average Bonchev–Trinajstić information content (AvgIpc) is 2.72. The van der Waals surface area contributed by atoms with Crippen molar-refractivity contribution in [2.24, 2.45) is 0 Å². The summed E-state index contributed by atoms with van der Waals surface area (Å²) < 4.78 is 34.5. The van der Waals surface area contributed by atoms with E-state index in [9.17, 15) is 8.78 Å². The summed E-state index contributed by atoms with van der Waals surface area (Å²) in [4.78, 5) is 4.05. The molecule has 5 nitrogen and oxygen atoms in total. The lowest BCUT2D eigenvalue weighted by molar-refractivity contribution is -0.286. The Labute approximate surface area is 113 Å². The van der Waals surface area contributed by atoms with Gasteiger partial charge in [-0.25, -0.2) is 0 Å². The van der Waals surface area contributed by atoms with Gasteiger partial charge in [0.1, 0.15) is 0 Å². The van der Waals surface area contributed by atoms with Gasteiger partial charge in [0, 0.05) is 18.8 Å². The fourth-order valence-electron chi connectivity index (χ4n) is 1.84. The van der Waals surface area contributed by atoms with Crippen LogP contribution in [0.1, 0.15) is 0 Å². The van der Waals surface area contributed by atoms with Crippen LogP contribution in [0.4, 0.5) is 25.8 Å². The number of ether oxygens (including phenoxy) is 2. The maximum atomic E-state index is 12.9. The molecule has 1 aliphatic rings. The standard InChI is InChI=1S/C13H11F2N3O2/c1-16-9-4-10(7-17-6-9)18-8-2-3-11-12(5-8)20-13(14,15)19-11/h2-7,16,18H,1H3. The Morgan fingerprint density at radius 2 is 1.75 bits per heavy atom. The SMILES string of the molecule is CNc1cncc(Nc2ccc3c(c2)OC(F)(F)O3)c1. The van der Waals surface area contributed by atoms with E-state index in [1.165, 1.54) is 12.1 Å². The highest BCUT2D eigenvalue weighted by atomic mass is 19.3. The van der Waals surface area contributed by atoms with Crippen LogP contribution in [-0.4, -0.2) is 18.3 Å². The van der Waals surface area contributed by atoms with Crippen molar-refractivity contribution in [3.8, 4) is 11.5 Å². The molecule has 0 spiro atoms. The first kappa shape index (κ1) is 12.5. The Kier molecular flexibility index (Phi) is 2.81. The van der Waals surface area contributed by atoms with Gasteiger partial charge in [0.15, 0.2) is 11.5 Å². The number of nitrogens with one attached hydrogen (secondary N) is 2. The van der Waals surface area contributed by atoms with Crippen molar-refractivity contribution < 1.29 is 18.3 Å². The number of halogens is 2. The van der Waals surface area contributed by atoms with Gasteiger partial charge in [0.25, 0.3) is 0 Å². The first-order valence-electron chi connectivity index (χ1n) is 5.85. The minimum absolute atomic E-state index is 0.00210. The Bertz CT molecular complexity index is 649. The van der Waals surface area contributed by atoms with Crippen molar-refractivity contribution in [1.82, 2.24) is 4.98 Å². The second kappa shape index (κ2) is 4.52. The van der Waals surface area contributed by atoms with Crippen LogP contribution >= 0.6 is 0 Å². The highest BCUT2D eigenvalue weighted by Crippen LogP contribution is 2.42. The maximum Gasteiger partial charge on any atom is 0.586 e. The van der Waals surface area contributed by atoms with Gasteiger partial charge >= 0.3 is 6.29 Å². The molecule has 20 heavy (non-hydrogen) atoms. The van der Waals surface area contributed by atoms with Crippen LogP contribution in [-0.2, 0) is 0 Å². The van der Waals surface area contributed by atoms with Crippen LogP contribution in [0.15, 0.2) is 36.7 Å². The first-order chi connectivity index (χ1) is 9.55. The summed E-state index contributed by atoms with van der Waals surface area (Å²) in [5.41, 5.74) is 2.16. The van der Waals surface area contributed by atoms with E-state index in [-0.39, 0.29) is 11.5 Å². The molecule has 0 aliphatic carbocycles. The monoisotopic (exact) mass is 279 g/mol. The highest BCUT2D eigenvalue weighted by Gasteiger charge is 2.43. The van der Waals surface area contributed by atoms with Crippen LogP contribution < -0.4 is 20.1 Å². The summed E-state index contributed by atoms with van der Waals surface area (Å²) in [6, 6.07) is 6.33. The van der Waals surface area contributed by atoms with E-state index in [4.69, 9.17) is 0 Å². The molecule has 0 fully saturated rings. The number of hydrogen-bond acceptors (Lipinski definition) is 5. The van der Waals surface area contributed by atoms with Crippen LogP contribution in [0.5, 0.6) is 11.5 Å². The number of hydrogen-bond donors (Lipinski definition) is 2. The van der Waals surface area contributed by atoms with Crippen molar-refractivity contribution in [3.05, 3.63) is 36.7 Å². The van der Waals surface area contributed by atoms with Gasteiger partial charge in [-0.15, -0.1) is 8.78 Å². The van der Waals surface area contributed by atoms with Crippen LogP contribution in [0.3, 0.4) is 0 Å². The largest absolute Gasteiger partial charge is 0.586 e. The van der Waals surface area contributed by atoms with E-state index in [0.717, 1.165) is 11.4 Å². The van der Waals surface area contributed by atoms with Gasteiger partial charge in [-0.3, -0.25) is 4.98 Å². The fraction of sp³-hybridized carbons (Fsp3) is 0.154. The molecular weight excluding hydrogens is 268 g/mol. The van der Waals surface area contributed by atoms with Gasteiger partial charge in [-0.1, -0.05) is 0 Å². The number of aromatic nitrogens is 1. The molecular formula is C13H11F2N3O2. The van der Waals surface area contributed by atoms with Gasteiger partial charge in [-0.05, 0) is 18.2 Å². The Morgan fingerprint density at radius 1 is 1.00 bits per heavy atom. The van der Waals surface area contributed by atoms with Crippen molar-refractivity contribution in [3.63, 3.8) is 0 Å². The Morgan fingerprint density at radius 3 is 2.55 bits per heavy atom. The predicted octanol–water partition coefficient (Wildman–Crippen LogP) is 3.19. The molecule has 0 saturated heterocycles. The lowest BCUT2D eigenvalue weighted by Gasteiger charge is -2.08. The van der Waals surface area contributed by atoms with Crippen molar-refractivity contribution >= 4 is 17.1 Å². The van der Waals surface area contributed by atoms with Gasteiger partial charge in [0.05, 0.1) is 23.8 Å². The molecule has 0 amide bonds. The number of benzene rings is 1. The van der Waals surface area contributed by atoms with Gasteiger partial charge in [-0.2, -0.15) is 0 Å². The zero-order valence-electron chi connectivity index (χ0n) is 10.5. The molecule has 2 heterocycles. The van der Waals surface area contributed by atoms with E-state index in [0.29, 0.717) is 5.69 Å². The minimum Gasteiger partial charge on any atom is -0.395 e. The van der Waals surface area contributed by atoms with Gasteiger partial charge < -0.3 is 20.1 Å². The highest BCUT2D eigenvalue weighted by molar-refractivity contribution is 5.66. The van der Waals surface area contributed by atoms with Crippen molar-refractivity contribution in [2.45, 2.75) is 6.29 Å². The summed E-state index contributed by atoms with van der Waals surface area (Å²) in [7, 11) is 1.78. The van der Waals surface area contributed by atoms with Crippen LogP contribution in [0.2, 0.25) is 0 Å². The molecule has 104 valence electrons. The number of nitrogens with zero attached hydrogens (tertiary/aromatic N) is 1. The van der Waals surface area contributed by atoms with Crippen LogP contribution in [0, 0.1) is 0 Å². The molecule has 0 saturated carbocycles. The first-order valence-corrected chi connectivity index (χ1v) is 5.85. The summed E-state index contributed by atoms with van der Waals surface area (Å²) in [6.45, 7) is 0. The second-order valence-electron chi connectivity index (χ2n) is 4.17. The van der Waals surface area contributed by atoms with E-state index in [1.54, 1.807) is 25.5 Å². The molecule has 2 aromatic rings. The molecule has 1 aliphatic heterocycles. The normalized spacial score (nSPS) is 14.9. The molecule has 0 radical (unpaired) electrons. The lowest BCUT2D eigenvalue weighted by Crippen LogP contribution is -2.25. The second-order valence-corrected chi connectivity index (χ2v) is 4.17. The Balaban J connectivity index is 1.82. The predicted molar refractivity (Wildman–Crippen MR) is 69.7 cm³/mol. The summed E-state index contributed by atoms with van der Waals surface area (Å²) >= 11 is 0. The van der Waals surface area contributed by atoms with Crippen LogP contribution in [0.25, 0.3) is 0 Å². The smallest absolute Gasteiger partial charge is 0.395 e. The lowest BCUT2D eigenvalue weighted by atomic mass is 10.2. The van der Waals surface area contributed by atoms with E-state index in [2.05, 4.69) is 25.1 Å². The Hall–Kier alpha value is -2.57. The van der Waals surface area contributed by atoms with Crippen molar-refractivity contribution in [1.29, 1.82) is 0 Å². The number of rotatable bonds is 3. The molecule has 2 N–H and O–H groups in total. The third-order valence-electron chi connectivity index (χ3n) is 2.72. The molecule has 7 heteroatoms. The summed E-state index contributed by atoms with van der Waals surface area (Å²) in [5.74, 6) is 0.0142. The minimum atomic E-state index is -3.60. The van der Waals surface area contributed by atoms with Gasteiger partial charge in [0.2, 0.25) is 0 Å². The molecule has 1 aromatic carbocycles. The third kappa shape index (κ3) is 2.42. The summed E-state index contributed by atoms with van der Waals surface area (Å²) in [5, 5.41) is 6.01. The molecule has 1 aromatic heterocycles. The third-order valence-corrected chi connectivity index (χ3v) is 2.72. The maximum absolute atomic E-state index is 12.9. The number of fused-ring (bicyclic) bond motifs is 1. The fourth-order valence-corrected chi connectivity index (χ4v) is 1.84. The molecule has 0 unspecified atom stereocenters. The zero-order chi connectivity index (χ0) is 14.2. The van der Waals surface area contributed by atoms with E-state index in [1.807, 2.05) is 6.07 Å². The number of pyridine rings is 1. The molecule has 0 bridgehead atoms. The van der Waals surface area contributed by atoms with Crippen molar-refractivity contribution in [2.75, 3.05) is 17.7 Å². The number of alkyl halides is 2. The zero-order valence-corrected chi connectivity index (χ0v) is 10.5.